The molecule has 0 fully saturated rings. The Morgan fingerprint density at radius 2 is 1.67 bits per heavy atom. The van der Waals surface area contributed by atoms with E-state index >= 15 is 0 Å². The van der Waals surface area contributed by atoms with Gasteiger partial charge in [0.1, 0.15) is 5.82 Å². The van der Waals surface area contributed by atoms with Crippen LogP contribution in [0.4, 0.5) is 25.2 Å². The molecule has 0 amide bonds. The molecular weight excluding hydrogens is 245 g/mol. The van der Waals surface area contributed by atoms with Crippen LogP contribution in [0.5, 0.6) is 0 Å². The van der Waals surface area contributed by atoms with E-state index in [2.05, 4.69) is 16.9 Å². The molecule has 15 heavy (non-hydrogen) atoms. The summed E-state index contributed by atoms with van der Waals surface area (Å²) in [5.74, 6) is 1.00. The summed E-state index contributed by atoms with van der Waals surface area (Å²) in [4.78, 5) is 7.15. The molecule has 92 valence electrons. The predicted molar refractivity (Wildman–Crippen MR) is 47.4 cm³/mol. The minimum absolute atomic E-state index is 0. The predicted octanol–water partition coefficient (Wildman–Crippen LogP) is 4.78. The second-order valence-electron chi connectivity index (χ2n) is 2.81. The number of nitrogens with one attached hydrogen (secondary N) is 1. The number of aromatic amines is 1. The molecule has 2 nitrogen and oxygen atoms in total. The number of nitrogens with zero attached hydrogens (tertiary/aromatic N) is 1. The van der Waals surface area contributed by atoms with Crippen LogP contribution in [0.3, 0.4) is 0 Å². The Balaban J connectivity index is 0. The standard InChI is InChI=1S/C6H10N2.F6P/c1-3-6-4-7-5(2)8-6;1-7(2,3,4,5)6/h4H,3H2,1-2H3,(H,7,8);/q;-1/p+1. The van der Waals surface area contributed by atoms with Gasteiger partial charge in [-0.25, -0.2) is 4.98 Å². The van der Waals surface area contributed by atoms with E-state index in [4.69, 9.17) is 0 Å². The van der Waals surface area contributed by atoms with Gasteiger partial charge in [-0.1, -0.05) is 6.92 Å². The average molecular weight is 256 g/mol. The van der Waals surface area contributed by atoms with Gasteiger partial charge in [0.25, 0.3) is 0 Å². The van der Waals surface area contributed by atoms with Crippen molar-refractivity contribution in [2.24, 2.45) is 0 Å². The van der Waals surface area contributed by atoms with Gasteiger partial charge >= 0.3 is 34.4 Å². The van der Waals surface area contributed by atoms with Gasteiger partial charge in [-0.05, 0) is 13.3 Å². The Labute approximate surface area is 83.4 Å². The van der Waals surface area contributed by atoms with E-state index in [1.807, 2.05) is 13.1 Å². The summed E-state index contributed by atoms with van der Waals surface area (Å²) in [6.45, 7) is 4.06. The van der Waals surface area contributed by atoms with Crippen LogP contribution in [0.25, 0.3) is 0 Å². The van der Waals surface area contributed by atoms with Crippen LogP contribution >= 0.6 is 7.81 Å². The molecule has 1 aromatic heterocycles. The second-order valence-corrected chi connectivity index (χ2v) is 4.72. The van der Waals surface area contributed by atoms with E-state index in [0.717, 1.165) is 12.2 Å². The number of imidazole rings is 1. The first kappa shape index (κ1) is 14.2. The van der Waals surface area contributed by atoms with Gasteiger partial charge in [-0.2, -0.15) is 0 Å². The number of aryl methyl sites for hydroxylation is 2. The Morgan fingerprint density at radius 3 is 1.80 bits per heavy atom. The molecule has 1 heterocycles. The summed E-state index contributed by atoms with van der Waals surface area (Å²) in [7, 11) is -10.7. The number of aromatic nitrogens is 2. The quantitative estimate of drug-likeness (QED) is 0.568. The van der Waals surface area contributed by atoms with Crippen molar-refractivity contribution < 1.29 is 26.6 Å². The van der Waals surface area contributed by atoms with Crippen LogP contribution in [0.1, 0.15) is 19.9 Å². The third kappa shape index (κ3) is 15.9. The minimum Gasteiger partial charge on any atom is 1.00 e. The average Bonchev–Trinajstić information content (AvgIpc) is 2.28. The Kier molecular flexibility index (Phi) is 3.19. The topological polar surface area (TPSA) is 28.7 Å². The van der Waals surface area contributed by atoms with Gasteiger partial charge < -0.3 is 4.98 Å². The fraction of sp³-hybridized carbons (Fsp3) is 0.500. The normalized spacial score (nSPS) is 16.0. The molecule has 9 heteroatoms. The van der Waals surface area contributed by atoms with Crippen LogP contribution in [0.15, 0.2) is 6.20 Å². The maximum atomic E-state index is 9.87. The summed E-state index contributed by atoms with van der Waals surface area (Å²) >= 11 is 0. The van der Waals surface area contributed by atoms with Crippen molar-refractivity contribution in [1.82, 2.24) is 9.97 Å². The molecule has 0 aromatic carbocycles. The summed E-state index contributed by atoms with van der Waals surface area (Å²) < 4.78 is 59.2. The number of halogens is 6. The third-order valence-corrected chi connectivity index (χ3v) is 1.14. The number of H-pyrrole nitrogens is 1. The molecule has 0 atom stereocenters. The Bertz CT molecular complexity index is 319. The van der Waals surface area contributed by atoms with Gasteiger partial charge in [0.2, 0.25) is 0 Å². The van der Waals surface area contributed by atoms with Crippen molar-refractivity contribution >= 4 is 7.81 Å². The minimum atomic E-state index is -10.7. The van der Waals surface area contributed by atoms with Gasteiger partial charge in [0, 0.05) is 11.9 Å². The monoisotopic (exact) mass is 256 g/mol. The summed E-state index contributed by atoms with van der Waals surface area (Å²) in [5.41, 5.74) is 1.21. The van der Waals surface area contributed by atoms with Crippen LogP contribution < -0.4 is 0 Å². The zero-order valence-electron chi connectivity index (χ0n) is 8.95. The van der Waals surface area contributed by atoms with Crippen molar-refractivity contribution in [2.45, 2.75) is 20.3 Å². The molecule has 1 N–H and O–H groups in total. The van der Waals surface area contributed by atoms with Gasteiger partial charge in [0.05, 0.1) is 0 Å². The second kappa shape index (κ2) is 3.37. The molecule has 1 aromatic rings. The van der Waals surface area contributed by atoms with E-state index in [1.165, 1.54) is 5.69 Å². The molecule has 1 rings (SSSR count). The maximum absolute atomic E-state index is 10.7. The number of hydrogen-bond acceptors (Lipinski definition) is 1. The van der Waals surface area contributed by atoms with Crippen LogP contribution in [0, 0.1) is 6.92 Å². The first-order chi connectivity index (χ1) is 6.28. The molecule has 0 radical (unpaired) electrons. The number of hydrogen-bond donors (Lipinski definition) is 1. The van der Waals surface area contributed by atoms with Crippen molar-refractivity contribution in [3.05, 3.63) is 17.7 Å². The van der Waals surface area contributed by atoms with E-state index in [9.17, 15) is 25.2 Å². The molecule has 0 spiro atoms. The molecule has 0 aliphatic carbocycles. The zero-order valence-corrected chi connectivity index (χ0v) is 8.84. The van der Waals surface area contributed by atoms with Crippen LogP contribution in [-0.2, 0) is 6.42 Å². The van der Waals surface area contributed by atoms with Crippen molar-refractivity contribution in [3.8, 4) is 0 Å². The van der Waals surface area contributed by atoms with E-state index in [0.29, 0.717) is 0 Å². The Morgan fingerprint density at radius 1 is 1.27 bits per heavy atom. The summed E-state index contributed by atoms with van der Waals surface area (Å²) in [6.07, 6.45) is 2.91. The smallest absolute Gasteiger partial charge is 1.00 e. The number of rotatable bonds is 1. The molecule has 0 aliphatic rings. The first-order valence-corrected chi connectivity index (χ1v) is 5.87. The van der Waals surface area contributed by atoms with Gasteiger partial charge in [0.15, 0.2) is 0 Å². The van der Waals surface area contributed by atoms with E-state index < -0.39 is 7.81 Å². The van der Waals surface area contributed by atoms with Crippen molar-refractivity contribution in [3.63, 3.8) is 0 Å². The van der Waals surface area contributed by atoms with E-state index in [-0.39, 0.29) is 1.43 Å². The molecule has 0 saturated carbocycles. The molecule has 0 unspecified atom stereocenters. The van der Waals surface area contributed by atoms with Gasteiger partial charge in [-0.15, -0.1) is 0 Å². The summed E-state index contributed by atoms with van der Waals surface area (Å²) in [5, 5.41) is 0. The largest absolute Gasteiger partial charge is 1.00 e. The van der Waals surface area contributed by atoms with Crippen molar-refractivity contribution in [2.75, 3.05) is 0 Å². The Hall–Kier alpha value is -0.780. The molecule has 0 saturated heterocycles. The maximum Gasteiger partial charge on any atom is 1.00 e. The summed E-state index contributed by atoms with van der Waals surface area (Å²) in [6, 6.07) is 0. The fourth-order valence-corrected chi connectivity index (χ4v) is 0.651. The molecular formula is C6H11F6N2P. The zero-order chi connectivity index (χ0) is 12.4. The van der Waals surface area contributed by atoms with Crippen LogP contribution in [0.2, 0.25) is 0 Å². The van der Waals surface area contributed by atoms with Crippen LogP contribution in [-0.4, -0.2) is 9.97 Å². The third-order valence-electron chi connectivity index (χ3n) is 1.14. The van der Waals surface area contributed by atoms with Crippen molar-refractivity contribution in [1.29, 1.82) is 0 Å². The molecule has 0 bridgehead atoms. The fourth-order valence-electron chi connectivity index (χ4n) is 0.651. The first-order valence-electron chi connectivity index (χ1n) is 3.85. The van der Waals surface area contributed by atoms with Gasteiger partial charge in [-0.3, -0.25) is 0 Å². The van der Waals surface area contributed by atoms with E-state index in [1.54, 1.807) is 0 Å². The SMILES string of the molecule is CCc1cnc(C)[nH]1.F[P-](F)(F)(F)(F)F.[H+]. The molecule has 0 aliphatic heterocycles.